The van der Waals surface area contributed by atoms with Gasteiger partial charge in [-0.05, 0) is 36.5 Å². The second-order valence-corrected chi connectivity index (χ2v) is 10.5. The molecule has 9 nitrogen and oxygen atoms in total. The summed E-state index contributed by atoms with van der Waals surface area (Å²) in [5, 5.41) is 19.8. The molecular formula is C27H29FN6O3. The molecule has 192 valence electrons. The summed E-state index contributed by atoms with van der Waals surface area (Å²) in [7, 11) is 0. The van der Waals surface area contributed by atoms with Crippen LogP contribution in [-0.2, 0) is 16.1 Å². The molecule has 1 aliphatic rings. The number of carbonyl (C=O) groups excluding carboxylic acids is 3. The van der Waals surface area contributed by atoms with Crippen LogP contribution in [0.3, 0.4) is 0 Å². The highest BCUT2D eigenvalue weighted by Gasteiger charge is 2.39. The zero-order valence-electron chi connectivity index (χ0n) is 20.9. The number of para-hydroxylation sites is 1. The molecule has 4 rings (SSSR count). The van der Waals surface area contributed by atoms with Crippen molar-refractivity contribution in [3.8, 4) is 6.07 Å². The summed E-state index contributed by atoms with van der Waals surface area (Å²) in [5.41, 5.74) is 5.98. The minimum Gasteiger partial charge on any atom is -0.369 e. The molecule has 3 amide bonds. The van der Waals surface area contributed by atoms with Crippen molar-refractivity contribution in [1.82, 2.24) is 20.4 Å². The normalized spacial score (nSPS) is 17.9. The van der Waals surface area contributed by atoms with Gasteiger partial charge in [-0.25, -0.2) is 4.39 Å². The standard InChI is InChI=1S/C27H29FN6O3/c1-27(2,3)23(26(37)31-18-11-17(12-18)24(30)35)32-25(36)22-19-6-4-5-7-21(19)34(33-22)14-16-9-8-15(13-29)10-20(16)28/h4-10,17-18,23H,11-12,14H2,1-3H3,(H2,30,35)(H,31,37)(H,32,36). The Hall–Kier alpha value is -4.26. The molecule has 1 aromatic heterocycles. The van der Waals surface area contributed by atoms with Crippen LogP contribution < -0.4 is 16.4 Å². The lowest BCUT2D eigenvalue weighted by Crippen LogP contribution is -2.58. The number of aromatic nitrogens is 2. The molecule has 1 unspecified atom stereocenters. The summed E-state index contributed by atoms with van der Waals surface area (Å²) in [6, 6.07) is 12.2. The molecule has 0 spiro atoms. The first-order valence-electron chi connectivity index (χ1n) is 12.0. The van der Waals surface area contributed by atoms with Crippen molar-refractivity contribution in [3.63, 3.8) is 0 Å². The molecule has 0 saturated heterocycles. The summed E-state index contributed by atoms with van der Waals surface area (Å²) in [6.45, 7) is 5.58. The number of carbonyl (C=O) groups is 3. The summed E-state index contributed by atoms with van der Waals surface area (Å²) in [6.07, 6.45) is 0.958. The quantitative estimate of drug-likeness (QED) is 0.453. The van der Waals surface area contributed by atoms with Gasteiger partial charge in [0.1, 0.15) is 11.9 Å². The van der Waals surface area contributed by atoms with Crippen LogP contribution >= 0.6 is 0 Å². The van der Waals surface area contributed by atoms with E-state index in [-0.39, 0.29) is 41.6 Å². The topological polar surface area (TPSA) is 143 Å². The van der Waals surface area contributed by atoms with E-state index in [1.807, 2.05) is 26.8 Å². The molecule has 1 aliphatic carbocycles. The Bertz CT molecular complexity index is 1410. The Morgan fingerprint density at radius 2 is 1.92 bits per heavy atom. The number of nitrogens with one attached hydrogen (secondary N) is 2. The zero-order chi connectivity index (χ0) is 26.9. The van der Waals surface area contributed by atoms with E-state index in [4.69, 9.17) is 11.0 Å². The lowest BCUT2D eigenvalue weighted by atomic mass is 9.79. The minimum atomic E-state index is -0.868. The third-order valence-corrected chi connectivity index (χ3v) is 6.67. The van der Waals surface area contributed by atoms with E-state index in [9.17, 15) is 18.8 Å². The van der Waals surface area contributed by atoms with Crippen LogP contribution in [0.4, 0.5) is 4.39 Å². The molecule has 1 heterocycles. The van der Waals surface area contributed by atoms with Crippen molar-refractivity contribution < 1.29 is 18.8 Å². The molecule has 1 saturated carbocycles. The van der Waals surface area contributed by atoms with Crippen LogP contribution in [0.5, 0.6) is 0 Å². The lowest BCUT2D eigenvalue weighted by molar-refractivity contribution is -0.130. The van der Waals surface area contributed by atoms with Gasteiger partial charge in [0.25, 0.3) is 5.91 Å². The Morgan fingerprint density at radius 1 is 1.22 bits per heavy atom. The Labute approximate surface area is 213 Å². The number of hydrogen-bond donors (Lipinski definition) is 3. The molecule has 3 aromatic rings. The number of halogens is 1. The van der Waals surface area contributed by atoms with Gasteiger partial charge in [-0.1, -0.05) is 45.0 Å². The van der Waals surface area contributed by atoms with E-state index < -0.39 is 23.2 Å². The summed E-state index contributed by atoms with van der Waals surface area (Å²) < 4.78 is 16.1. The van der Waals surface area contributed by atoms with Gasteiger partial charge in [0.05, 0.1) is 23.7 Å². The third kappa shape index (κ3) is 5.45. The molecule has 0 bridgehead atoms. The van der Waals surface area contributed by atoms with Crippen LogP contribution in [0.15, 0.2) is 42.5 Å². The van der Waals surface area contributed by atoms with Gasteiger partial charge in [0, 0.05) is 22.9 Å². The molecule has 4 N–H and O–H groups in total. The average Bonchev–Trinajstić information content (AvgIpc) is 3.18. The summed E-state index contributed by atoms with van der Waals surface area (Å²) in [4.78, 5) is 37.8. The fourth-order valence-corrected chi connectivity index (χ4v) is 4.45. The number of amides is 3. The molecule has 0 radical (unpaired) electrons. The van der Waals surface area contributed by atoms with Gasteiger partial charge in [0.15, 0.2) is 5.69 Å². The number of fused-ring (bicyclic) bond motifs is 1. The molecule has 10 heteroatoms. The smallest absolute Gasteiger partial charge is 0.273 e. The molecular weight excluding hydrogens is 475 g/mol. The predicted octanol–water partition coefficient (Wildman–Crippen LogP) is 2.62. The third-order valence-electron chi connectivity index (χ3n) is 6.67. The average molecular weight is 505 g/mol. The second-order valence-electron chi connectivity index (χ2n) is 10.5. The van der Waals surface area contributed by atoms with E-state index >= 15 is 0 Å². The highest BCUT2D eigenvalue weighted by Crippen LogP contribution is 2.28. The van der Waals surface area contributed by atoms with Gasteiger partial charge in [-0.3, -0.25) is 19.1 Å². The number of hydrogen-bond acceptors (Lipinski definition) is 5. The zero-order valence-corrected chi connectivity index (χ0v) is 20.9. The van der Waals surface area contributed by atoms with E-state index in [2.05, 4.69) is 15.7 Å². The van der Waals surface area contributed by atoms with Crippen LogP contribution in [0.2, 0.25) is 0 Å². The van der Waals surface area contributed by atoms with Crippen molar-refractivity contribution in [3.05, 3.63) is 65.1 Å². The lowest BCUT2D eigenvalue weighted by Gasteiger charge is -2.37. The Balaban J connectivity index is 1.57. The fraction of sp³-hybridized carbons (Fsp3) is 0.370. The largest absolute Gasteiger partial charge is 0.369 e. The van der Waals surface area contributed by atoms with Gasteiger partial charge in [-0.15, -0.1) is 0 Å². The number of nitriles is 1. The van der Waals surface area contributed by atoms with Gasteiger partial charge in [0.2, 0.25) is 11.8 Å². The summed E-state index contributed by atoms with van der Waals surface area (Å²) in [5.74, 6) is -2.05. The van der Waals surface area contributed by atoms with E-state index in [0.717, 1.165) is 6.07 Å². The number of nitrogens with zero attached hydrogens (tertiary/aromatic N) is 3. The molecule has 2 aromatic carbocycles. The highest BCUT2D eigenvalue weighted by molar-refractivity contribution is 6.06. The van der Waals surface area contributed by atoms with Crippen LogP contribution in [0.1, 0.15) is 55.2 Å². The van der Waals surface area contributed by atoms with Crippen molar-refractivity contribution in [2.24, 2.45) is 17.1 Å². The van der Waals surface area contributed by atoms with Crippen LogP contribution in [0, 0.1) is 28.5 Å². The van der Waals surface area contributed by atoms with Gasteiger partial charge in [-0.2, -0.15) is 10.4 Å². The van der Waals surface area contributed by atoms with Crippen molar-refractivity contribution in [2.45, 2.75) is 52.2 Å². The van der Waals surface area contributed by atoms with Crippen molar-refractivity contribution in [2.75, 3.05) is 0 Å². The first-order chi connectivity index (χ1) is 17.5. The van der Waals surface area contributed by atoms with E-state index in [0.29, 0.717) is 29.3 Å². The Kier molecular flexibility index (Phi) is 6.99. The first kappa shape index (κ1) is 25.8. The molecule has 37 heavy (non-hydrogen) atoms. The fourth-order valence-electron chi connectivity index (χ4n) is 4.45. The highest BCUT2D eigenvalue weighted by atomic mass is 19.1. The molecule has 0 aliphatic heterocycles. The van der Waals surface area contributed by atoms with Crippen LogP contribution in [-0.4, -0.2) is 39.6 Å². The SMILES string of the molecule is CC(C)(C)C(NC(=O)c1nn(Cc2ccc(C#N)cc2F)c2ccccc12)C(=O)NC1CC(C(N)=O)C1. The number of primary amides is 1. The van der Waals surface area contributed by atoms with Gasteiger partial charge >= 0.3 is 0 Å². The van der Waals surface area contributed by atoms with Crippen LogP contribution in [0.25, 0.3) is 10.9 Å². The molecule has 1 atom stereocenters. The monoisotopic (exact) mass is 504 g/mol. The van der Waals surface area contributed by atoms with Crippen molar-refractivity contribution >= 4 is 28.6 Å². The first-order valence-corrected chi connectivity index (χ1v) is 12.0. The maximum absolute atomic E-state index is 14.5. The maximum atomic E-state index is 14.5. The van der Waals surface area contributed by atoms with E-state index in [1.165, 1.54) is 16.8 Å². The van der Waals surface area contributed by atoms with Gasteiger partial charge < -0.3 is 16.4 Å². The number of benzene rings is 2. The Morgan fingerprint density at radius 3 is 2.54 bits per heavy atom. The minimum absolute atomic E-state index is 0.0528. The maximum Gasteiger partial charge on any atom is 0.273 e. The molecule has 1 fully saturated rings. The summed E-state index contributed by atoms with van der Waals surface area (Å²) >= 11 is 0. The second kappa shape index (κ2) is 10.0. The number of nitrogens with two attached hydrogens (primary N) is 1. The van der Waals surface area contributed by atoms with E-state index in [1.54, 1.807) is 24.3 Å². The number of rotatable bonds is 7. The predicted molar refractivity (Wildman–Crippen MR) is 135 cm³/mol. The van der Waals surface area contributed by atoms with Crippen molar-refractivity contribution in [1.29, 1.82) is 5.26 Å².